The average molecular weight is 334 g/mol. The summed E-state index contributed by atoms with van der Waals surface area (Å²) in [6, 6.07) is 19.9. The number of nitrogens with one attached hydrogen (secondary N) is 1. The van der Waals surface area contributed by atoms with Gasteiger partial charge in [-0.05, 0) is 34.9 Å². The van der Waals surface area contributed by atoms with Crippen LogP contribution in [0.1, 0.15) is 17.2 Å². The van der Waals surface area contributed by atoms with Gasteiger partial charge in [0.15, 0.2) is 0 Å². The summed E-state index contributed by atoms with van der Waals surface area (Å²) in [5.41, 5.74) is 4.24. The van der Waals surface area contributed by atoms with Crippen LogP contribution in [0.15, 0.2) is 73.1 Å². The van der Waals surface area contributed by atoms with E-state index in [9.17, 15) is 5.11 Å². The Morgan fingerprint density at radius 3 is 2.60 bits per heavy atom. The summed E-state index contributed by atoms with van der Waals surface area (Å²) in [4.78, 5) is 4.35. The fraction of sp³-hybridized carbons (Fsp3) is 0.190. The maximum absolute atomic E-state index is 9.66. The molecule has 0 unspecified atom stereocenters. The van der Waals surface area contributed by atoms with Gasteiger partial charge in [0, 0.05) is 24.5 Å². The van der Waals surface area contributed by atoms with E-state index in [0.29, 0.717) is 6.54 Å². The second-order valence-corrected chi connectivity index (χ2v) is 5.84. The summed E-state index contributed by atoms with van der Waals surface area (Å²) in [6.45, 7) is 0.679. The molecule has 25 heavy (non-hydrogen) atoms. The summed E-state index contributed by atoms with van der Waals surface area (Å²) in [6.07, 6.45) is 3.69. The summed E-state index contributed by atoms with van der Waals surface area (Å²) in [5, 5.41) is 13.0. The van der Waals surface area contributed by atoms with Gasteiger partial charge in [-0.1, -0.05) is 42.5 Å². The SMILES string of the molecule is COc1cccc(-c2cncc(CN[C@@H](CO)c3ccccc3)c2)c1. The van der Waals surface area contributed by atoms with E-state index in [-0.39, 0.29) is 12.6 Å². The average Bonchev–Trinajstić information content (AvgIpc) is 2.69. The summed E-state index contributed by atoms with van der Waals surface area (Å²) < 4.78 is 5.29. The third-order valence-electron chi connectivity index (χ3n) is 4.14. The number of ether oxygens (including phenoxy) is 1. The van der Waals surface area contributed by atoms with Crippen LogP contribution in [0.3, 0.4) is 0 Å². The Bertz CT molecular complexity index is 806. The van der Waals surface area contributed by atoms with Gasteiger partial charge in [0.2, 0.25) is 0 Å². The number of methoxy groups -OCH3 is 1. The van der Waals surface area contributed by atoms with Gasteiger partial charge >= 0.3 is 0 Å². The molecule has 1 aromatic heterocycles. The van der Waals surface area contributed by atoms with Crippen LogP contribution >= 0.6 is 0 Å². The zero-order valence-electron chi connectivity index (χ0n) is 14.2. The molecule has 128 valence electrons. The van der Waals surface area contributed by atoms with Crippen LogP contribution in [0.25, 0.3) is 11.1 Å². The molecular formula is C21H22N2O2. The summed E-state index contributed by atoms with van der Waals surface area (Å²) in [5.74, 6) is 0.824. The molecule has 1 atom stereocenters. The van der Waals surface area contributed by atoms with Crippen LogP contribution in [0.2, 0.25) is 0 Å². The lowest BCUT2D eigenvalue weighted by molar-refractivity contribution is 0.243. The monoisotopic (exact) mass is 334 g/mol. The topological polar surface area (TPSA) is 54.4 Å². The van der Waals surface area contributed by atoms with E-state index >= 15 is 0 Å². The predicted octanol–water partition coefficient (Wildman–Crippen LogP) is 3.58. The number of hydrogen-bond acceptors (Lipinski definition) is 4. The van der Waals surface area contributed by atoms with Crippen LogP contribution in [0, 0.1) is 0 Å². The van der Waals surface area contributed by atoms with Crippen LogP contribution in [-0.4, -0.2) is 23.8 Å². The van der Waals surface area contributed by atoms with E-state index in [1.165, 1.54) is 0 Å². The van der Waals surface area contributed by atoms with Crippen molar-refractivity contribution < 1.29 is 9.84 Å². The number of nitrogens with zero attached hydrogens (tertiary/aromatic N) is 1. The van der Waals surface area contributed by atoms with Crippen LogP contribution in [0.5, 0.6) is 5.75 Å². The number of aliphatic hydroxyl groups excluding tert-OH is 1. The molecule has 0 spiro atoms. The Hall–Kier alpha value is -2.69. The molecule has 4 heteroatoms. The number of pyridine rings is 1. The van der Waals surface area contributed by atoms with Gasteiger partial charge in [0.1, 0.15) is 5.75 Å². The van der Waals surface area contributed by atoms with E-state index in [2.05, 4.69) is 16.4 Å². The Kier molecular flexibility index (Phi) is 5.77. The molecule has 0 fully saturated rings. The highest BCUT2D eigenvalue weighted by molar-refractivity contribution is 5.64. The van der Waals surface area contributed by atoms with Crippen molar-refractivity contribution in [3.63, 3.8) is 0 Å². The van der Waals surface area contributed by atoms with Gasteiger partial charge < -0.3 is 15.2 Å². The molecule has 0 bridgehead atoms. The van der Waals surface area contributed by atoms with Crippen LogP contribution in [-0.2, 0) is 6.54 Å². The molecule has 2 N–H and O–H groups in total. The molecule has 0 aliphatic carbocycles. The van der Waals surface area contributed by atoms with Crippen molar-refractivity contribution in [2.45, 2.75) is 12.6 Å². The first kappa shape index (κ1) is 17.1. The van der Waals surface area contributed by atoms with Gasteiger partial charge in [0.25, 0.3) is 0 Å². The minimum atomic E-state index is -0.0957. The first-order valence-electron chi connectivity index (χ1n) is 8.27. The normalized spacial score (nSPS) is 11.9. The van der Waals surface area contributed by atoms with Crippen molar-refractivity contribution in [1.29, 1.82) is 0 Å². The minimum absolute atomic E-state index is 0.0486. The molecule has 0 saturated heterocycles. The molecule has 0 radical (unpaired) electrons. The number of aliphatic hydroxyl groups is 1. The van der Waals surface area contributed by atoms with E-state index in [1.807, 2.05) is 67.0 Å². The summed E-state index contributed by atoms with van der Waals surface area (Å²) >= 11 is 0. The highest BCUT2D eigenvalue weighted by atomic mass is 16.5. The smallest absolute Gasteiger partial charge is 0.119 e. The molecule has 0 amide bonds. The number of benzene rings is 2. The maximum Gasteiger partial charge on any atom is 0.119 e. The Labute approximate surface area is 148 Å². The quantitative estimate of drug-likeness (QED) is 0.693. The highest BCUT2D eigenvalue weighted by Gasteiger charge is 2.09. The van der Waals surface area contributed by atoms with Gasteiger partial charge in [-0.2, -0.15) is 0 Å². The van der Waals surface area contributed by atoms with Gasteiger partial charge in [-0.3, -0.25) is 4.98 Å². The largest absolute Gasteiger partial charge is 0.497 e. The van der Waals surface area contributed by atoms with Gasteiger partial charge in [-0.25, -0.2) is 0 Å². The van der Waals surface area contributed by atoms with Crippen molar-refractivity contribution in [2.24, 2.45) is 0 Å². The standard InChI is InChI=1S/C21H22N2O2/c1-25-20-9-5-8-18(11-20)19-10-16(12-22-14-19)13-23-21(15-24)17-6-3-2-4-7-17/h2-12,14,21,23-24H,13,15H2,1H3/t21-/m0/s1. The van der Waals surface area contributed by atoms with E-state index in [0.717, 1.165) is 28.0 Å². The Balaban J connectivity index is 1.73. The molecule has 0 saturated carbocycles. The molecule has 0 aliphatic heterocycles. The fourth-order valence-corrected chi connectivity index (χ4v) is 2.76. The molecular weight excluding hydrogens is 312 g/mol. The predicted molar refractivity (Wildman–Crippen MR) is 99.3 cm³/mol. The zero-order chi connectivity index (χ0) is 17.5. The molecule has 3 rings (SSSR count). The number of hydrogen-bond donors (Lipinski definition) is 2. The van der Waals surface area contributed by atoms with E-state index in [4.69, 9.17) is 4.74 Å². The second-order valence-electron chi connectivity index (χ2n) is 5.84. The fourth-order valence-electron chi connectivity index (χ4n) is 2.76. The van der Waals surface area contributed by atoms with Crippen molar-refractivity contribution in [2.75, 3.05) is 13.7 Å². The summed E-state index contributed by atoms with van der Waals surface area (Å²) in [7, 11) is 1.66. The van der Waals surface area contributed by atoms with Crippen molar-refractivity contribution in [3.8, 4) is 16.9 Å². The van der Waals surface area contributed by atoms with Crippen molar-refractivity contribution in [1.82, 2.24) is 10.3 Å². The lowest BCUT2D eigenvalue weighted by Crippen LogP contribution is -2.24. The highest BCUT2D eigenvalue weighted by Crippen LogP contribution is 2.24. The second kappa shape index (κ2) is 8.42. The molecule has 4 nitrogen and oxygen atoms in total. The van der Waals surface area contributed by atoms with E-state index in [1.54, 1.807) is 7.11 Å². The molecule has 1 heterocycles. The molecule has 0 aliphatic rings. The Morgan fingerprint density at radius 2 is 1.84 bits per heavy atom. The van der Waals surface area contributed by atoms with E-state index < -0.39 is 0 Å². The van der Waals surface area contributed by atoms with Crippen LogP contribution in [0.4, 0.5) is 0 Å². The molecule has 3 aromatic rings. The lowest BCUT2D eigenvalue weighted by atomic mass is 10.0. The first-order valence-corrected chi connectivity index (χ1v) is 8.27. The Morgan fingerprint density at radius 1 is 1.00 bits per heavy atom. The minimum Gasteiger partial charge on any atom is -0.497 e. The third-order valence-corrected chi connectivity index (χ3v) is 4.14. The third kappa shape index (κ3) is 4.44. The zero-order valence-corrected chi connectivity index (χ0v) is 14.2. The van der Waals surface area contributed by atoms with Crippen LogP contribution < -0.4 is 10.1 Å². The number of rotatable bonds is 7. The maximum atomic E-state index is 9.66. The molecule has 2 aromatic carbocycles. The first-order chi connectivity index (χ1) is 12.3. The van der Waals surface area contributed by atoms with Gasteiger partial charge in [-0.15, -0.1) is 0 Å². The number of aromatic nitrogens is 1. The van der Waals surface area contributed by atoms with Crippen molar-refractivity contribution in [3.05, 3.63) is 84.2 Å². The van der Waals surface area contributed by atoms with Gasteiger partial charge in [0.05, 0.1) is 19.8 Å². The lowest BCUT2D eigenvalue weighted by Gasteiger charge is -2.17. The van der Waals surface area contributed by atoms with Crippen molar-refractivity contribution >= 4 is 0 Å².